The standard InChI is InChI=1S/C7H14.C2H4O2/c1-7-5-3-2-4-6-7;1-4-2-3/h7H,2-6H2,1H3;2H,1H3. The van der Waals surface area contributed by atoms with Crippen molar-refractivity contribution in [2.45, 2.75) is 39.0 Å². The zero-order valence-corrected chi connectivity index (χ0v) is 7.51. The number of hydrogen-bond acceptors (Lipinski definition) is 2. The highest BCUT2D eigenvalue weighted by Gasteiger charge is 2.05. The molecule has 1 fully saturated rings. The molecule has 1 rings (SSSR count). The number of methoxy groups -OCH3 is 1. The molecule has 1 saturated carbocycles. The Balaban J connectivity index is 0.000000218. The zero-order valence-electron chi connectivity index (χ0n) is 7.51. The second-order valence-corrected chi connectivity index (χ2v) is 3.08. The third-order valence-corrected chi connectivity index (χ3v) is 1.99. The van der Waals surface area contributed by atoms with Gasteiger partial charge in [-0.05, 0) is 5.92 Å². The van der Waals surface area contributed by atoms with Crippen molar-refractivity contribution in [1.29, 1.82) is 0 Å². The fraction of sp³-hybridized carbons (Fsp3) is 0.889. The second kappa shape index (κ2) is 7.58. The van der Waals surface area contributed by atoms with Crippen LogP contribution in [0.1, 0.15) is 39.0 Å². The van der Waals surface area contributed by atoms with E-state index in [1.165, 1.54) is 39.2 Å². The lowest BCUT2D eigenvalue weighted by atomic mass is 9.91. The van der Waals surface area contributed by atoms with Gasteiger partial charge in [0.25, 0.3) is 6.47 Å². The van der Waals surface area contributed by atoms with Gasteiger partial charge in [-0.3, -0.25) is 4.79 Å². The van der Waals surface area contributed by atoms with Crippen LogP contribution in [-0.4, -0.2) is 13.6 Å². The highest BCUT2D eigenvalue weighted by Crippen LogP contribution is 2.21. The van der Waals surface area contributed by atoms with Crippen molar-refractivity contribution >= 4 is 6.47 Å². The van der Waals surface area contributed by atoms with E-state index in [4.69, 9.17) is 4.79 Å². The van der Waals surface area contributed by atoms with Crippen LogP contribution in [0.3, 0.4) is 0 Å². The summed E-state index contributed by atoms with van der Waals surface area (Å²) < 4.78 is 3.86. The SMILES string of the molecule is CC1CCCCC1.COC=O. The summed E-state index contributed by atoms with van der Waals surface area (Å²) in [7, 11) is 1.31. The maximum atomic E-state index is 8.95. The third kappa shape index (κ3) is 7.37. The first kappa shape index (κ1) is 10.5. The van der Waals surface area contributed by atoms with Crippen molar-refractivity contribution in [3.8, 4) is 0 Å². The smallest absolute Gasteiger partial charge is 0.292 e. The Morgan fingerprint density at radius 2 is 1.73 bits per heavy atom. The van der Waals surface area contributed by atoms with Crippen LogP contribution >= 0.6 is 0 Å². The molecule has 1 aliphatic rings. The van der Waals surface area contributed by atoms with Gasteiger partial charge in [0.2, 0.25) is 0 Å². The van der Waals surface area contributed by atoms with Gasteiger partial charge in [-0.2, -0.15) is 0 Å². The van der Waals surface area contributed by atoms with Crippen LogP contribution in [0, 0.1) is 5.92 Å². The predicted molar refractivity (Wildman–Crippen MR) is 45.3 cm³/mol. The molecular formula is C9H18O2. The van der Waals surface area contributed by atoms with Crippen LogP contribution in [-0.2, 0) is 9.53 Å². The Labute approximate surface area is 68.9 Å². The van der Waals surface area contributed by atoms with Crippen LogP contribution in [0.5, 0.6) is 0 Å². The molecule has 0 aliphatic heterocycles. The quantitative estimate of drug-likeness (QED) is 0.548. The minimum absolute atomic E-state index is 0.375. The number of ether oxygens (including phenoxy) is 1. The fourth-order valence-corrected chi connectivity index (χ4v) is 1.31. The molecule has 0 unspecified atom stereocenters. The molecule has 0 spiro atoms. The molecule has 0 aromatic carbocycles. The predicted octanol–water partition coefficient (Wildman–Crippen LogP) is 2.38. The lowest BCUT2D eigenvalue weighted by Crippen LogP contribution is -1.99. The highest BCUT2D eigenvalue weighted by molar-refractivity contribution is 5.36. The summed E-state index contributed by atoms with van der Waals surface area (Å²) >= 11 is 0. The topological polar surface area (TPSA) is 26.3 Å². The Morgan fingerprint density at radius 3 is 1.91 bits per heavy atom. The fourth-order valence-electron chi connectivity index (χ4n) is 1.31. The Kier molecular flexibility index (Phi) is 7.21. The molecule has 0 amide bonds. The minimum atomic E-state index is 0.375. The average Bonchev–Trinajstić information content (AvgIpc) is 2.07. The lowest BCUT2D eigenvalue weighted by molar-refractivity contribution is -0.126. The summed E-state index contributed by atoms with van der Waals surface area (Å²) in [6.07, 6.45) is 7.44. The van der Waals surface area contributed by atoms with Crippen molar-refractivity contribution in [2.24, 2.45) is 5.92 Å². The van der Waals surface area contributed by atoms with E-state index < -0.39 is 0 Å². The molecule has 0 bridgehead atoms. The maximum absolute atomic E-state index is 8.95. The molecule has 0 atom stereocenters. The van der Waals surface area contributed by atoms with Crippen molar-refractivity contribution < 1.29 is 9.53 Å². The van der Waals surface area contributed by atoms with Gasteiger partial charge in [-0.15, -0.1) is 0 Å². The summed E-state index contributed by atoms with van der Waals surface area (Å²) in [6, 6.07) is 0. The van der Waals surface area contributed by atoms with Gasteiger partial charge in [-0.25, -0.2) is 0 Å². The van der Waals surface area contributed by atoms with Crippen LogP contribution < -0.4 is 0 Å². The molecule has 0 aromatic rings. The van der Waals surface area contributed by atoms with E-state index >= 15 is 0 Å². The molecule has 0 N–H and O–H groups in total. The Hall–Kier alpha value is -0.530. The van der Waals surface area contributed by atoms with Crippen LogP contribution in [0.15, 0.2) is 0 Å². The molecule has 2 nitrogen and oxygen atoms in total. The number of hydrogen-bond donors (Lipinski definition) is 0. The Morgan fingerprint density at radius 1 is 1.27 bits per heavy atom. The van der Waals surface area contributed by atoms with Gasteiger partial charge >= 0.3 is 0 Å². The van der Waals surface area contributed by atoms with Gasteiger partial charge in [0.05, 0.1) is 7.11 Å². The molecule has 2 heteroatoms. The largest absolute Gasteiger partial charge is 0.471 e. The van der Waals surface area contributed by atoms with E-state index in [2.05, 4.69) is 11.7 Å². The first-order chi connectivity index (χ1) is 5.31. The first-order valence-corrected chi connectivity index (χ1v) is 4.27. The van der Waals surface area contributed by atoms with Crippen molar-refractivity contribution in [3.05, 3.63) is 0 Å². The summed E-state index contributed by atoms with van der Waals surface area (Å²) in [5, 5.41) is 0. The van der Waals surface area contributed by atoms with Gasteiger partial charge < -0.3 is 4.74 Å². The summed E-state index contributed by atoms with van der Waals surface area (Å²) in [5.74, 6) is 1.04. The first-order valence-electron chi connectivity index (χ1n) is 4.27. The molecule has 0 saturated heterocycles. The third-order valence-electron chi connectivity index (χ3n) is 1.99. The average molecular weight is 158 g/mol. The number of rotatable bonds is 1. The number of carbonyl (C=O) groups is 1. The van der Waals surface area contributed by atoms with Crippen molar-refractivity contribution in [3.63, 3.8) is 0 Å². The molecule has 11 heavy (non-hydrogen) atoms. The van der Waals surface area contributed by atoms with Crippen LogP contribution in [0.2, 0.25) is 0 Å². The van der Waals surface area contributed by atoms with Gasteiger partial charge in [0.15, 0.2) is 0 Å². The zero-order chi connectivity index (χ0) is 8.53. The van der Waals surface area contributed by atoms with Crippen LogP contribution in [0.25, 0.3) is 0 Å². The monoisotopic (exact) mass is 158 g/mol. The van der Waals surface area contributed by atoms with E-state index in [1.54, 1.807) is 0 Å². The second-order valence-electron chi connectivity index (χ2n) is 3.08. The van der Waals surface area contributed by atoms with Crippen molar-refractivity contribution in [1.82, 2.24) is 0 Å². The van der Waals surface area contributed by atoms with E-state index in [9.17, 15) is 0 Å². The van der Waals surface area contributed by atoms with E-state index in [1.807, 2.05) is 0 Å². The van der Waals surface area contributed by atoms with E-state index in [0.717, 1.165) is 5.92 Å². The normalized spacial score (nSPS) is 18.0. The molecular weight excluding hydrogens is 140 g/mol. The van der Waals surface area contributed by atoms with E-state index in [0.29, 0.717) is 6.47 Å². The van der Waals surface area contributed by atoms with Crippen LogP contribution in [0.4, 0.5) is 0 Å². The molecule has 66 valence electrons. The Bertz CT molecular complexity index is 85.6. The summed E-state index contributed by atoms with van der Waals surface area (Å²) in [6.45, 7) is 2.74. The molecule has 0 radical (unpaired) electrons. The van der Waals surface area contributed by atoms with Gasteiger partial charge in [0, 0.05) is 0 Å². The lowest BCUT2D eigenvalue weighted by Gasteiger charge is -2.15. The van der Waals surface area contributed by atoms with Gasteiger partial charge in [-0.1, -0.05) is 39.0 Å². The maximum Gasteiger partial charge on any atom is 0.292 e. The van der Waals surface area contributed by atoms with Gasteiger partial charge in [0.1, 0.15) is 0 Å². The molecule has 1 aliphatic carbocycles. The van der Waals surface area contributed by atoms with Crippen molar-refractivity contribution in [2.75, 3.05) is 7.11 Å². The highest BCUT2D eigenvalue weighted by atomic mass is 16.5. The van der Waals surface area contributed by atoms with E-state index in [-0.39, 0.29) is 0 Å². The number of carbonyl (C=O) groups excluding carboxylic acids is 1. The summed E-state index contributed by atoms with van der Waals surface area (Å²) in [4.78, 5) is 8.95. The minimum Gasteiger partial charge on any atom is -0.471 e. The molecule has 0 aromatic heterocycles. The molecule has 0 heterocycles. The summed E-state index contributed by atoms with van der Waals surface area (Å²) in [5.41, 5.74) is 0.